The first-order chi connectivity index (χ1) is 12.5. The highest BCUT2D eigenvalue weighted by Gasteiger charge is 2.16. The summed E-state index contributed by atoms with van der Waals surface area (Å²) in [4.78, 5) is 33.7. The molecule has 10 heteroatoms. The third kappa shape index (κ3) is 3.98. The van der Waals surface area contributed by atoms with Gasteiger partial charge < -0.3 is 14.2 Å². The molecule has 1 aliphatic heterocycles. The summed E-state index contributed by atoms with van der Waals surface area (Å²) in [6, 6.07) is 9.88. The van der Waals surface area contributed by atoms with Crippen LogP contribution in [0.3, 0.4) is 0 Å². The zero-order valence-corrected chi connectivity index (χ0v) is 13.3. The Hall–Kier alpha value is -3.82. The number of carbonyl (C=O) groups is 2. The van der Waals surface area contributed by atoms with E-state index in [4.69, 9.17) is 14.2 Å². The van der Waals surface area contributed by atoms with Gasteiger partial charge in [0.1, 0.15) is 5.75 Å². The first-order valence-corrected chi connectivity index (χ1v) is 7.39. The first-order valence-electron chi connectivity index (χ1n) is 7.39. The number of hydrogen-bond donors (Lipinski definition) is 2. The lowest BCUT2D eigenvalue weighted by atomic mass is 10.2. The number of nitro groups is 1. The smallest absolute Gasteiger partial charge is 0.276 e. The molecule has 2 aromatic carbocycles. The molecule has 0 unspecified atom stereocenters. The number of fused-ring (bicyclic) bond motifs is 1. The van der Waals surface area contributed by atoms with Crippen molar-refractivity contribution in [3.05, 3.63) is 58.1 Å². The lowest BCUT2D eigenvalue weighted by Crippen LogP contribution is -2.43. The van der Waals surface area contributed by atoms with Gasteiger partial charge in [0.05, 0.1) is 4.92 Å². The van der Waals surface area contributed by atoms with Crippen molar-refractivity contribution < 1.29 is 28.7 Å². The fraction of sp³-hybridized carbons (Fsp3) is 0.125. The second-order valence-corrected chi connectivity index (χ2v) is 5.11. The average Bonchev–Trinajstić information content (AvgIpc) is 3.12. The van der Waals surface area contributed by atoms with Crippen molar-refractivity contribution >= 4 is 17.5 Å². The fourth-order valence-electron chi connectivity index (χ4n) is 2.09. The van der Waals surface area contributed by atoms with Crippen LogP contribution in [0.4, 0.5) is 5.69 Å². The van der Waals surface area contributed by atoms with Gasteiger partial charge in [-0.05, 0) is 30.3 Å². The largest absolute Gasteiger partial charge is 0.484 e. The minimum atomic E-state index is -0.600. The van der Waals surface area contributed by atoms with Crippen LogP contribution in [0.2, 0.25) is 0 Å². The fourth-order valence-corrected chi connectivity index (χ4v) is 2.09. The van der Waals surface area contributed by atoms with Crippen molar-refractivity contribution in [2.24, 2.45) is 0 Å². The molecule has 0 bridgehead atoms. The van der Waals surface area contributed by atoms with E-state index < -0.39 is 16.7 Å². The van der Waals surface area contributed by atoms with Gasteiger partial charge in [0.15, 0.2) is 18.1 Å². The summed E-state index contributed by atoms with van der Waals surface area (Å²) >= 11 is 0. The van der Waals surface area contributed by atoms with E-state index in [9.17, 15) is 19.7 Å². The number of ether oxygens (including phenoxy) is 3. The number of amides is 2. The van der Waals surface area contributed by atoms with E-state index in [2.05, 4.69) is 10.9 Å². The second kappa shape index (κ2) is 7.38. The van der Waals surface area contributed by atoms with Crippen molar-refractivity contribution in [1.29, 1.82) is 0 Å². The maximum atomic E-state index is 12.0. The molecule has 0 atom stereocenters. The van der Waals surface area contributed by atoms with Gasteiger partial charge in [0.2, 0.25) is 6.79 Å². The number of benzene rings is 2. The number of hydrogen-bond acceptors (Lipinski definition) is 7. The predicted molar refractivity (Wildman–Crippen MR) is 86.8 cm³/mol. The van der Waals surface area contributed by atoms with Crippen LogP contribution in [0.25, 0.3) is 0 Å². The molecule has 0 saturated heterocycles. The van der Waals surface area contributed by atoms with Crippen molar-refractivity contribution in [2.45, 2.75) is 0 Å². The Kier molecular flexibility index (Phi) is 4.83. The van der Waals surface area contributed by atoms with Crippen molar-refractivity contribution in [3.63, 3.8) is 0 Å². The summed E-state index contributed by atoms with van der Waals surface area (Å²) in [7, 11) is 0. The third-order valence-corrected chi connectivity index (χ3v) is 3.37. The monoisotopic (exact) mass is 359 g/mol. The number of carbonyl (C=O) groups excluding carboxylic acids is 2. The average molecular weight is 359 g/mol. The van der Waals surface area contributed by atoms with Crippen LogP contribution in [0, 0.1) is 10.1 Å². The molecule has 1 aliphatic rings. The Morgan fingerprint density at radius 3 is 2.54 bits per heavy atom. The van der Waals surface area contributed by atoms with E-state index >= 15 is 0 Å². The van der Waals surface area contributed by atoms with Gasteiger partial charge in [0.25, 0.3) is 17.5 Å². The van der Waals surface area contributed by atoms with E-state index in [1.165, 1.54) is 36.4 Å². The highest BCUT2D eigenvalue weighted by molar-refractivity contribution is 5.96. The van der Waals surface area contributed by atoms with Crippen molar-refractivity contribution in [3.8, 4) is 17.2 Å². The summed E-state index contributed by atoms with van der Waals surface area (Å²) < 4.78 is 15.5. The Morgan fingerprint density at radius 1 is 1.08 bits per heavy atom. The zero-order chi connectivity index (χ0) is 18.5. The maximum absolute atomic E-state index is 12.0. The van der Waals surface area contributed by atoms with Gasteiger partial charge in [-0.2, -0.15) is 0 Å². The normalized spacial score (nSPS) is 11.5. The highest BCUT2D eigenvalue weighted by Crippen LogP contribution is 2.32. The number of non-ortho nitro benzene ring substituents is 1. The van der Waals surface area contributed by atoms with Gasteiger partial charge in [-0.15, -0.1) is 0 Å². The Bertz CT molecular complexity index is 851. The summed E-state index contributed by atoms with van der Waals surface area (Å²) in [5.41, 5.74) is 4.65. The van der Waals surface area contributed by atoms with Crippen LogP contribution in [0.15, 0.2) is 42.5 Å². The minimum absolute atomic E-state index is 0.0854. The number of nitrogens with zero attached hydrogens (tertiary/aromatic N) is 1. The van der Waals surface area contributed by atoms with Crippen molar-refractivity contribution in [2.75, 3.05) is 13.4 Å². The lowest BCUT2D eigenvalue weighted by molar-refractivity contribution is -0.384. The quantitative estimate of drug-likeness (QED) is 0.605. The number of nitrogens with one attached hydrogen (secondary N) is 2. The van der Waals surface area contributed by atoms with Crippen LogP contribution in [-0.2, 0) is 4.79 Å². The molecule has 0 radical (unpaired) electrons. The first kappa shape index (κ1) is 17.0. The van der Waals surface area contributed by atoms with E-state index in [1.54, 1.807) is 6.07 Å². The predicted octanol–water partition coefficient (Wildman–Crippen LogP) is 1.16. The van der Waals surface area contributed by atoms with Crippen LogP contribution in [0.5, 0.6) is 17.2 Å². The minimum Gasteiger partial charge on any atom is -0.484 e. The van der Waals surface area contributed by atoms with E-state index in [-0.39, 0.29) is 30.4 Å². The van der Waals surface area contributed by atoms with Crippen LogP contribution >= 0.6 is 0 Å². The molecular weight excluding hydrogens is 346 g/mol. The molecule has 10 nitrogen and oxygen atoms in total. The summed E-state index contributed by atoms with van der Waals surface area (Å²) in [6.07, 6.45) is 0. The molecule has 134 valence electrons. The van der Waals surface area contributed by atoms with Crippen LogP contribution < -0.4 is 25.1 Å². The van der Waals surface area contributed by atoms with Gasteiger partial charge in [-0.3, -0.25) is 30.6 Å². The molecule has 1 heterocycles. The van der Waals surface area contributed by atoms with Gasteiger partial charge in [-0.1, -0.05) is 0 Å². The Morgan fingerprint density at radius 2 is 1.81 bits per heavy atom. The number of nitro benzene ring substituents is 1. The van der Waals surface area contributed by atoms with Gasteiger partial charge in [0, 0.05) is 17.7 Å². The molecule has 2 aromatic rings. The molecule has 26 heavy (non-hydrogen) atoms. The molecule has 0 aromatic heterocycles. The summed E-state index contributed by atoms with van der Waals surface area (Å²) in [5.74, 6) is 0.143. The molecule has 2 N–H and O–H groups in total. The van der Waals surface area contributed by atoms with Crippen LogP contribution in [-0.4, -0.2) is 30.1 Å². The lowest BCUT2D eigenvalue weighted by Gasteiger charge is -2.09. The number of hydrazine groups is 1. The van der Waals surface area contributed by atoms with Crippen molar-refractivity contribution in [1.82, 2.24) is 10.9 Å². The molecule has 0 spiro atoms. The second-order valence-electron chi connectivity index (χ2n) is 5.11. The SMILES string of the molecule is O=C(COc1ccc([N+](=O)[O-])cc1)NNC(=O)c1ccc2c(c1)OCO2. The van der Waals surface area contributed by atoms with E-state index in [0.717, 1.165) is 0 Å². The third-order valence-electron chi connectivity index (χ3n) is 3.37. The number of rotatable bonds is 5. The summed E-state index contributed by atoms with van der Waals surface area (Å²) in [6.45, 7) is -0.281. The molecule has 0 fully saturated rings. The topological polar surface area (TPSA) is 129 Å². The molecule has 0 saturated carbocycles. The molecule has 2 amide bonds. The van der Waals surface area contributed by atoms with Gasteiger partial charge >= 0.3 is 0 Å². The molecule has 0 aliphatic carbocycles. The Labute approximate surface area is 146 Å². The van der Waals surface area contributed by atoms with E-state index in [1.807, 2.05) is 0 Å². The maximum Gasteiger partial charge on any atom is 0.276 e. The summed E-state index contributed by atoms with van der Waals surface area (Å²) in [5, 5.41) is 10.6. The zero-order valence-electron chi connectivity index (χ0n) is 13.3. The molecular formula is C16H13N3O7. The van der Waals surface area contributed by atoms with Crippen LogP contribution in [0.1, 0.15) is 10.4 Å². The highest BCUT2D eigenvalue weighted by atomic mass is 16.7. The standard InChI is InChI=1S/C16H13N3O7/c20-15(8-24-12-4-2-11(3-5-12)19(22)23)17-18-16(21)10-1-6-13-14(7-10)26-9-25-13/h1-7H,8-9H2,(H,17,20)(H,18,21). The Balaban J connectivity index is 1.46. The molecule has 3 rings (SSSR count). The van der Waals surface area contributed by atoms with E-state index in [0.29, 0.717) is 11.5 Å². The van der Waals surface area contributed by atoms with Gasteiger partial charge in [-0.25, -0.2) is 0 Å².